The number of carbonyl (C=O) groups excluding carboxylic acids is 1. The molecule has 0 radical (unpaired) electrons. The molecule has 0 aromatic heterocycles. The number of ether oxygens (including phenoxy) is 2. The van der Waals surface area contributed by atoms with Gasteiger partial charge in [-0.3, -0.25) is 4.79 Å². The number of methoxy groups -OCH3 is 2. The van der Waals surface area contributed by atoms with E-state index in [1.54, 1.807) is 14.2 Å². The van der Waals surface area contributed by atoms with Gasteiger partial charge in [0.2, 0.25) is 0 Å². The Bertz CT molecular complexity index is 424. The molecule has 118 valence electrons. The summed E-state index contributed by atoms with van der Waals surface area (Å²) in [5, 5.41) is 0. The first-order valence-electron chi connectivity index (χ1n) is 7.29. The van der Waals surface area contributed by atoms with Gasteiger partial charge in [-0.05, 0) is 31.0 Å². The molecule has 0 saturated heterocycles. The smallest absolute Gasteiger partial charge is 0.254 e. The first kappa shape index (κ1) is 17.6. The van der Waals surface area contributed by atoms with E-state index in [9.17, 15) is 4.79 Å². The van der Waals surface area contributed by atoms with Gasteiger partial charge >= 0.3 is 0 Å². The number of benzene rings is 1. The molecule has 0 heterocycles. The van der Waals surface area contributed by atoms with Crippen molar-refractivity contribution in [1.82, 2.24) is 4.90 Å². The maximum absolute atomic E-state index is 12.7. The molecule has 5 heteroatoms. The van der Waals surface area contributed by atoms with E-state index in [4.69, 9.17) is 15.2 Å². The topological polar surface area (TPSA) is 64.8 Å². The van der Waals surface area contributed by atoms with E-state index in [1.165, 1.54) is 0 Å². The molecule has 1 aromatic rings. The lowest BCUT2D eigenvalue weighted by Gasteiger charge is -2.23. The average molecular weight is 294 g/mol. The summed E-state index contributed by atoms with van der Waals surface area (Å²) in [4.78, 5) is 14.5. The third kappa shape index (κ3) is 5.83. The Labute approximate surface area is 127 Å². The molecule has 0 aliphatic rings. The number of hydrogen-bond donors (Lipinski definition) is 1. The highest BCUT2D eigenvalue weighted by Gasteiger charge is 2.17. The SMILES string of the molecule is COCCCN(CCOC)C(=O)c1ccccc1CCN. The van der Waals surface area contributed by atoms with E-state index in [0.717, 1.165) is 17.5 Å². The van der Waals surface area contributed by atoms with Crippen LogP contribution in [0, 0.1) is 0 Å². The molecule has 0 aliphatic carbocycles. The first-order valence-corrected chi connectivity index (χ1v) is 7.29. The van der Waals surface area contributed by atoms with Crippen molar-refractivity contribution in [2.24, 2.45) is 5.73 Å². The molecule has 5 nitrogen and oxygen atoms in total. The van der Waals surface area contributed by atoms with Crippen molar-refractivity contribution in [2.45, 2.75) is 12.8 Å². The van der Waals surface area contributed by atoms with Crippen molar-refractivity contribution in [3.8, 4) is 0 Å². The van der Waals surface area contributed by atoms with Gasteiger partial charge in [0, 0.05) is 39.5 Å². The van der Waals surface area contributed by atoms with Crippen molar-refractivity contribution in [3.63, 3.8) is 0 Å². The maximum Gasteiger partial charge on any atom is 0.254 e. The lowest BCUT2D eigenvalue weighted by atomic mass is 10.0. The van der Waals surface area contributed by atoms with Crippen molar-refractivity contribution < 1.29 is 14.3 Å². The van der Waals surface area contributed by atoms with E-state index in [-0.39, 0.29) is 5.91 Å². The standard InChI is InChI=1S/C16H26N2O3/c1-20-12-5-10-18(11-13-21-2)16(19)15-7-4-3-6-14(15)8-9-17/h3-4,6-7H,5,8-13,17H2,1-2H3. The molecule has 2 N–H and O–H groups in total. The van der Waals surface area contributed by atoms with Gasteiger partial charge in [0.05, 0.1) is 6.61 Å². The maximum atomic E-state index is 12.7. The molecular weight excluding hydrogens is 268 g/mol. The van der Waals surface area contributed by atoms with Crippen LogP contribution in [0.15, 0.2) is 24.3 Å². The molecule has 0 spiro atoms. The summed E-state index contributed by atoms with van der Waals surface area (Å²) in [6, 6.07) is 7.65. The fraction of sp³-hybridized carbons (Fsp3) is 0.562. The molecule has 0 atom stereocenters. The Kier molecular flexibility index (Phi) is 8.66. The number of carbonyl (C=O) groups is 1. The van der Waals surface area contributed by atoms with Gasteiger partial charge in [-0.25, -0.2) is 0 Å². The molecule has 0 aliphatic heterocycles. The van der Waals surface area contributed by atoms with Gasteiger partial charge in [0.15, 0.2) is 0 Å². The summed E-state index contributed by atoms with van der Waals surface area (Å²) in [6.45, 7) is 2.94. The molecule has 1 amide bonds. The normalized spacial score (nSPS) is 10.6. The minimum atomic E-state index is 0.0344. The number of nitrogens with zero attached hydrogens (tertiary/aromatic N) is 1. The van der Waals surface area contributed by atoms with Crippen molar-refractivity contribution >= 4 is 5.91 Å². The minimum Gasteiger partial charge on any atom is -0.385 e. The predicted molar refractivity (Wildman–Crippen MR) is 83.5 cm³/mol. The molecule has 21 heavy (non-hydrogen) atoms. The summed E-state index contributed by atoms with van der Waals surface area (Å²) in [6.07, 6.45) is 1.52. The molecule has 0 unspecified atom stereocenters. The highest BCUT2D eigenvalue weighted by atomic mass is 16.5. The summed E-state index contributed by atoms with van der Waals surface area (Å²) in [7, 11) is 3.30. The van der Waals surface area contributed by atoms with Crippen LogP contribution in [0.5, 0.6) is 0 Å². The summed E-state index contributed by atoms with van der Waals surface area (Å²) in [5.74, 6) is 0.0344. The van der Waals surface area contributed by atoms with Crippen LogP contribution in [0.4, 0.5) is 0 Å². The molecule has 1 rings (SSSR count). The third-order valence-electron chi connectivity index (χ3n) is 3.29. The summed E-state index contributed by atoms with van der Waals surface area (Å²) in [5.41, 5.74) is 7.35. The fourth-order valence-corrected chi connectivity index (χ4v) is 2.19. The number of hydrogen-bond acceptors (Lipinski definition) is 4. The van der Waals surface area contributed by atoms with Gasteiger partial charge in [0.1, 0.15) is 0 Å². The van der Waals surface area contributed by atoms with E-state index >= 15 is 0 Å². The second kappa shape index (κ2) is 10.3. The van der Waals surface area contributed by atoms with Crippen LogP contribution < -0.4 is 5.73 Å². The quantitative estimate of drug-likeness (QED) is 0.661. The van der Waals surface area contributed by atoms with Crippen LogP contribution in [-0.4, -0.2) is 57.9 Å². The third-order valence-corrected chi connectivity index (χ3v) is 3.29. The van der Waals surface area contributed by atoms with E-state index < -0.39 is 0 Å². The number of amides is 1. The minimum absolute atomic E-state index is 0.0344. The van der Waals surface area contributed by atoms with E-state index in [1.807, 2.05) is 29.2 Å². The molecule has 1 aromatic carbocycles. The monoisotopic (exact) mass is 294 g/mol. The highest BCUT2D eigenvalue weighted by molar-refractivity contribution is 5.95. The predicted octanol–water partition coefficient (Wildman–Crippen LogP) is 1.31. The Morgan fingerprint density at radius 3 is 2.52 bits per heavy atom. The Hall–Kier alpha value is -1.43. The summed E-state index contributed by atoms with van der Waals surface area (Å²) >= 11 is 0. The summed E-state index contributed by atoms with van der Waals surface area (Å²) < 4.78 is 10.2. The Balaban J connectivity index is 2.82. The van der Waals surface area contributed by atoms with Gasteiger partial charge in [-0.15, -0.1) is 0 Å². The van der Waals surface area contributed by atoms with Crippen LogP contribution in [0.1, 0.15) is 22.3 Å². The first-order chi connectivity index (χ1) is 10.2. The van der Waals surface area contributed by atoms with Gasteiger partial charge in [0.25, 0.3) is 5.91 Å². The second-order valence-electron chi connectivity index (χ2n) is 4.83. The fourth-order valence-electron chi connectivity index (χ4n) is 2.19. The van der Waals surface area contributed by atoms with Crippen LogP contribution in [0.25, 0.3) is 0 Å². The Morgan fingerprint density at radius 2 is 1.86 bits per heavy atom. The van der Waals surface area contributed by atoms with Crippen LogP contribution in [0.3, 0.4) is 0 Å². The Morgan fingerprint density at radius 1 is 1.14 bits per heavy atom. The second-order valence-corrected chi connectivity index (χ2v) is 4.83. The zero-order chi connectivity index (χ0) is 15.5. The largest absolute Gasteiger partial charge is 0.385 e. The van der Waals surface area contributed by atoms with Crippen molar-refractivity contribution in [1.29, 1.82) is 0 Å². The van der Waals surface area contributed by atoms with E-state index in [2.05, 4.69) is 0 Å². The van der Waals surface area contributed by atoms with Crippen LogP contribution in [-0.2, 0) is 15.9 Å². The van der Waals surface area contributed by atoms with Crippen LogP contribution in [0.2, 0.25) is 0 Å². The van der Waals surface area contributed by atoms with Crippen LogP contribution >= 0.6 is 0 Å². The zero-order valence-corrected chi connectivity index (χ0v) is 13.0. The molecule has 0 fully saturated rings. The zero-order valence-electron chi connectivity index (χ0n) is 13.0. The number of rotatable bonds is 10. The molecule has 0 bridgehead atoms. The average Bonchev–Trinajstić information content (AvgIpc) is 2.51. The molecule has 0 saturated carbocycles. The van der Waals surface area contributed by atoms with Gasteiger partial charge < -0.3 is 20.1 Å². The molecular formula is C16H26N2O3. The lowest BCUT2D eigenvalue weighted by Crippen LogP contribution is -2.36. The van der Waals surface area contributed by atoms with Gasteiger partial charge in [-0.2, -0.15) is 0 Å². The lowest BCUT2D eigenvalue weighted by molar-refractivity contribution is 0.0673. The van der Waals surface area contributed by atoms with E-state index in [0.29, 0.717) is 39.3 Å². The van der Waals surface area contributed by atoms with Crippen molar-refractivity contribution in [3.05, 3.63) is 35.4 Å². The van der Waals surface area contributed by atoms with Gasteiger partial charge in [-0.1, -0.05) is 18.2 Å². The highest BCUT2D eigenvalue weighted by Crippen LogP contribution is 2.13. The number of nitrogens with two attached hydrogens (primary N) is 1. The van der Waals surface area contributed by atoms with Crippen molar-refractivity contribution in [2.75, 3.05) is 47.1 Å².